The summed E-state index contributed by atoms with van der Waals surface area (Å²) in [5.74, 6) is 0.352. The van der Waals surface area contributed by atoms with Crippen LogP contribution in [0.1, 0.15) is 58.1 Å². The number of hydrogen-bond acceptors (Lipinski definition) is 8. The highest BCUT2D eigenvalue weighted by Gasteiger charge is 2.31. The number of sulfonamides is 1. The van der Waals surface area contributed by atoms with Crippen molar-refractivity contribution in [2.75, 3.05) is 62.2 Å². The fraction of sp³-hybridized carbons (Fsp3) is 0.486. The topological polar surface area (TPSA) is 103 Å². The van der Waals surface area contributed by atoms with Crippen molar-refractivity contribution in [3.63, 3.8) is 0 Å². The molecule has 48 heavy (non-hydrogen) atoms. The summed E-state index contributed by atoms with van der Waals surface area (Å²) in [6.07, 6.45) is 4.78. The van der Waals surface area contributed by atoms with Crippen LogP contribution in [0.2, 0.25) is 0 Å². The molecule has 3 aromatic carbocycles. The fourth-order valence-corrected chi connectivity index (χ4v) is 8.58. The molecule has 2 saturated heterocycles. The Balaban J connectivity index is 1.38. The van der Waals surface area contributed by atoms with Crippen LogP contribution in [0.25, 0.3) is 0 Å². The van der Waals surface area contributed by atoms with Crippen LogP contribution in [0.5, 0.6) is 0 Å². The maximum Gasteiger partial charge on any atom is 0.293 e. The zero-order valence-corrected chi connectivity index (χ0v) is 29.6. The van der Waals surface area contributed by atoms with Gasteiger partial charge in [0.1, 0.15) is 10.6 Å². The Hall–Kier alpha value is -3.80. The summed E-state index contributed by atoms with van der Waals surface area (Å²) in [6.45, 7) is 14.5. The van der Waals surface area contributed by atoms with Gasteiger partial charge in [-0.15, -0.1) is 0 Å². The van der Waals surface area contributed by atoms with E-state index in [1.165, 1.54) is 5.56 Å². The van der Waals surface area contributed by atoms with E-state index >= 15 is 0 Å². The van der Waals surface area contributed by atoms with E-state index in [0.29, 0.717) is 43.1 Å². The molecule has 0 atom stereocenters. The number of benzene rings is 3. The Bertz CT molecular complexity index is 1650. The van der Waals surface area contributed by atoms with Crippen molar-refractivity contribution in [1.82, 2.24) is 9.21 Å². The number of hydrogen-bond donors (Lipinski definition) is 0. The average Bonchev–Trinajstić information content (AvgIpc) is 3.07. The summed E-state index contributed by atoms with van der Waals surface area (Å²) >= 11 is 0. The molecule has 0 saturated carbocycles. The molecule has 0 spiro atoms. The van der Waals surface area contributed by atoms with Crippen LogP contribution < -0.4 is 9.80 Å². The summed E-state index contributed by atoms with van der Waals surface area (Å²) in [5.41, 5.74) is 3.69. The molecule has 0 aromatic heterocycles. The van der Waals surface area contributed by atoms with Crippen molar-refractivity contribution < 1.29 is 13.3 Å². The number of piperidine rings is 1. The van der Waals surface area contributed by atoms with Gasteiger partial charge in [-0.2, -0.15) is 4.31 Å². The van der Waals surface area contributed by atoms with Crippen LogP contribution in [-0.4, -0.2) is 81.1 Å². The van der Waals surface area contributed by atoms with E-state index in [1.807, 2.05) is 64.1 Å². The zero-order chi connectivity index (χ0) is 34.3. The van der Waals surface area contributed by atoms with Crippen molar-refractivity contribution in [2.45, 2.75) is 58.4 Å². The summed E-state index contributed by atoms with van der Waals surface area (Å²) in [4.78, 5) is 23.4. The number of nitro groups is 1. The molecule has 2 heterocycles. The molecule has 0 aliphatic carbocycles. The molecule has 5 rings (SSSR count). The maximum atomic E-state index is 14.3. The van der Waals surface area contributed by atoms with Gasteiger partial charge in [-0.1, -0.05) is 64.1 Å². The van der Waals surface area contributed by atoms with Gasteiger partial charge in [0, 0.05) is 71.2 Å². The van der Waals surface area contributed by atoms with Gasteiger partial charge in [-0.3, -0.25) is 20.0 Å². The van der Waals surface area contributed by atoms with E-state index in [-0.39, 0.29) is 27.3 Å². The fourth-order valence-electron chi connectivity index (χ4n) is 6.58. The van der Waals surface area contributed by atoms with Gasteiger partial charge in [0.25, 0.3) is 5.69 Å². The van der Waals surface area contributed by atoms with Crippen molar-refractivity contribution in [3.05, 3.63) is 88.0 Å². The largest absolute Gasteiger partial charge is 0.370 e. The third-order valence-corrected chi connectivity index (χ3v) is 10.8. The third-order valence-electron chi connectivity index (χ3n) is 8.92. The second kappa shape index (κ2) is 16.1. The average molecular weight is 675 g/mol. The molecular weight excluding hydrogens is 625 g/mol. The van der Waals surface area contributed by atoms with Gasteiger partial charge >= 0.3 is 0 Å². The zero-order valence-electron chi connectivity index (χ0n) is 28.8. The molecule has 3 aromatic rings. The lowest BCUT2D eigenvalue weighted by Gasteiger charge is -2.35. The number of anilines is 2. The molecule has 11 heteroatoms. The Morgan fingerprint density at radius 3 is 2.06 bits per heavy atom. The third kappa shape index (κ3) is 9.00. The van der Waals surface area contributed by atoms with Crippen LogP contribution in [-0.2, 0) is 16.6 Å². The molecule has 0 N–H and O–H groups in total. The Labute approximate surface area is 286 Å². The SMILES string of the molecule is CC(C)CN(CC(C)C)S(=O)(=O)c1cc(N=Cc2ccc(N3CCN(Cc4ccccc4)CC3)c([N+](=O)[O-])c2)ccc1N1CCCCC1. The van der Waals surface area contributed by atoms with E-state index in [0.717, 1.165) is 57.7 Å². The van der Waals surface area contributed by atoms with E-state index < -0.39 is 10.0 Å². The first-order valence-corrected chi connectivity index (χ1v) is 18.7. The van der Waals surface area contributed by atoms with Crippen molar-refractivity contribution in [2.24, 2.45) is 16.8 Å². The molecule has 10 nitrogen and oxygen atoms in total. The first-order chi connectivity index (χ1) is 23.0. The maximum absolute atomic E-state index is 14.3. The van der Waals surface area contributed by atoms with Crippen molar-refractivity contribution >= 4 is 39.0 Å². The number of nitro benzene ring substituents is 1. The molecule has 0 amide bonds. The normalized spacial score (nSPS) is 16.5. The van der Waals surface area contributed by atoms with E-state index in [9.17, 15) is 18.5 Å². The Morgan fingerprint density at radius 2 is 1.44 bits per heavy atom. The van der Waals surface area contributed by atoms with Gasteiger partial charge in [-0.25, -0.2) is 8.42 Å². The molecule has 2 aliphatic heterocycles. The number of nitrogens with zero attached hydrogens (tertiary/aromatic N) is 6. The predicted molar refractivity (Wildman–Crippen MR) is 195 cm³/mol. The lowest BCUT2D eigenvalue weighted by molar-refractivity contribution is -0.384. The van der Waals surface area contributed by atoms with Crippen LogP contribution in [0.3, 0.4) is 0 Å². The van der Waals surface area contributed by atoms with Gasteiger partial charge in [0.2, 0.25) is 10.0 Å². The quantitative estimate of drug-likeness (QED) is 0.110. The van der Waals surface area contributed by atoms with Crippen LogP contribution >= 0.6 is 0 Å². The molecule has 0 radical (unpaired) electrons. The van der Waals surface area contributed by atoms with E-state index in [1.54, 1.807) is 28.7 Å². The number of piperazine rings is 1. The minimum Gasteiger partial charge on any atom is -0.370 e. The Morgan fingerprint density at radius 1 is 0.812 bits per heavy atom. The van der Waals surface area contributed by atoms with Gasteiger partial charge in [0.15, 0.2) is 0 Å². The monoisotopic (exact) mass is 674 g/mol. The van der Waals surface area contributed by atoms with Gasteiger partial charge < -0.3 is 9.80 Å². The second-order valence-electron chi connectivity index (χ2n) is 13.8. The van der Waals surface area contributed by atoms with Crippen molar-refractivity contribution in [3.8, 4) is 0 Å². The van der Waals surface area contributed by atoms with E-state index in [2.05, 4.69) is 31.8 Å². The Kier molecular flexibility index (Phi) is 11.9. The van der Waals surface area contributed by atoms with E-state index in [4.69, 9.17) is 0 Å². The molecule has 0 unspecified atom stereocenters. The lowest BCUT2D eigenvalue weighted by Crippen LogP contribution is -2.46. The van der Waals surface area contributed by atoms with Crippen LogP contribution in [0, 0.1) is 22.0 Å². The van der Waals surface area contributed by atoms with Crippen LogP contribution in [0.15, 0.2) is 76.6 Å². The highest BCUT2D eigenvalue weighted by molar-refractivity contribution is 7.89. The molecule has 2 fully saturated rings. The predicted octanol–water partition coefficient (Wildman–Crippen LogP) is 6.96. The smallest absolute Gasteiger partial charge is 0.293 e. The van der Waals surface area contributed by atoms with Gasteiger partial charge in [0.05, 0.1) is 16.3 Å². The molecule has 258 valence electrons. The molecule has 0 bridgehead atoms. The highest BCUT2D eigenvalue weighted by Crippen LogP contribution is 2.35. The summed E-state index contributed by atoms with van der Waals surface area (Å²) in [7, 11) is -3.81. The minimum atomic E-state index is -3.81. The van der Waals surface area contributed by atoms with Crippen molar-refractivity contribution in [1.29, 1.82) is 0 Å². The second-order valence-corrected chi connectivity index (χ2v) is 15.7. The standard InChI is InChI=1S/C37H50N6O4S/c1-29(2)26-42(27-30(3)4)48(46,47)37-24-33(14-16-35(37)40-17-9-6-10-18-40)38-25-32-13-15-34(36(23-32)43(44)45)41-21-19-39(20-22-41)28-31-11-7-5-8-12-31/h5,7-8,11-16,23-25,29-30H,6,9-10,17-22,26-28H2,1-4H3. The lowest BCUT2D eigenvalue weighted by atomic mass is 10.1. The minimum absolute atomic E-state index is 0.0391. The first kappa shape index (κ1) is 35.5. The summed E-state index contributed by atoms with van der Waals surface area (Å²) in [6, 6.07) is 20.9. The van der Waals surface area contributed by atoms with Crippen LogP contribution in [0.4, 0.5) is 22.7 Å². The van der Waals surface area contributed by atoms with Gasteiger partial charge in [-0.05, 0) is 66.5 Å². The number of rotatable bonds is 13. The first-order valence-electron chi connectivity index (χ1n) is 17.2. The molecule has 2 aliphatic rings. The summed E-state index contributed by atoms with van der Waals surface area (Å²) < 4.78 is 30.2. The molecular formula is C37H50N6O4S. The number of aliphatic imine (C=N–C) groups is 1. The summed E-state index contributed by atoms with van der Waals surface area (Å²) in [5, 5.41) is 12.2. The highest BCUT2D eigenvalue weighted by atomic mass is 32.2.